The summed E-state index contributed by atoms with van der Waals surface area (Å²) in [5, 5.41) is 19.3. The number of carbonyl (C=O) groups excluding carboxylic acids is 4. The van der Waals surface area contributed by atoms with Crippen molar-refractivity contribution in [2.75, 3.05) is 11.4 Å². The maximum absolute atomic E-state index is 14.3. The number of nitrogens with zero attached hydrogens (tertiary/aromatic N) is 2. The van der Waals surface area contributed by atoms with Crippen molar-refractivity contribution < 1.29 is 34.2 Å². The normalized spacial score (nSPS) is 30.7. The van der Waals surface area contributed by atoms with Gasteiger partial charge in [0.2, 0.25) is 23.6 Å². The molecule has 212 valence electrons. The number of benzene rings is 2. The number of fused-ring (bicyclic) bond motifs is 4. The average Bonchev–Trinajstić information content (AvgIpc) is 3.30. The van der Waals surface area contributed by atoms with E-state index in [4.69, 9.17) is 5.11 Å². The van der Waals surface area contributed by atoms with Gasteiger partial charge in [0.25, 0.3) is 0 Å². The van der Waals surface area contributed by atoms with Gasteiger partial charge in [-0.2, -0.15) is 0 Å². The number of phenols is 1. The summed E-state index contributed by atoms with van der Waals surface area (Å²) in [6.07, 6.45) is 2.59. The number of carboxylic acid groups (broad SMARTS) is 1. The Morgan fingerprint density at radius 3 is 2.41 bits per heavy atom. The van der Waals surface area contributed by atoms with Gasteiger partial charge in [-0.3, -0.25) is 28.9 Å². The van der Waals surface area contributed by atoms with Crippen LogP contribution in [0.25, 0.3) is 0 Å². The molecule has 41 heavy (non-hydrogen) atoms. The Balaban J connectivity index is 1.45. The lowest BCUT2D eigenvalue weighted by Crippen LogP contribution is -2.48. The van der Waals surface area contributed by atoms with E-state index in [1.807, 2.05) is 25.1 Å². The lowest BCUT2D eigenvalue weighted by molar-refractivity contribution is -0.142. The number of hydrogen-bond donors (Lipinski definition) is 2. The van der Waals surface area contributed by atoms with Crippen LogP contribution in [-0.2, 0) is 24.0 Å². The minimum absolute atomic E-state index is 0.0416. The summed E-state index contributed by atoms with van der Waals surface area (Å²) in [5.74, 6) is -5.08. The molecule has 2 aromatic carbocycles. The number of para-hydroxylation sites is 1. The van der Waals surface area contributed by atoms with Crippen LogP contribution in [-0.4, -0.2) is 51.3 Å². The minimum Gasteiger partial charge on any atom is -0.508 e. The summed E-state index contributed by atoms with van der Waals surface area (Å²) >= 11 is 0. The van der Waals surface area contributed by atoms with E-state index in [1.54, 1.807) is 43.3 Å². The summed E-state index contributed by atoms with van der Waals surface area (Å²) in [6, 6.07) is 14.0. The topological polar surface area (TPSA) is 132 Å². The second kappa shape index (κ2) is 9.68. The molecule has 2 N–H and O–H groups in total. The largest absolute Gasteiger partial charge is 0.508 e. The van der Waals surface area contributed by atoms with Gasteiger partial charge >= 0.3 is 5.97 Å². The summed E-state index contributed by atoms with van der Waals surface area (Å²) in [4.78, 5) is 69.0. The van der Waals surface area contributed by atoms with E-state index in [2.05, 4.69) is 0 Å². The highest BCUT2D eigenvalue weighted by Crippen LogP contribution is 2.63. The fourth-order valence-corrected chi connectivity index (χ4v) is 7.75. The SMILES string of the molecule is Cc1cc(C2C3=CCC4C(=O)N(CCCC(=O)O)C(=O)C4C3CC3C(=O)N(c4ccccc4)C(=O)C32C)ccc1O. The number of likely N-dealkylation sites (tertiary alicyclic amines) is 1. The number of amides is 4. The molecule has 4 aliphatic rings. The van der Waals surface area contributed by atoms with Gasteiger partial charge in [0, 0.05) is 18.9 Å². The van der Waals surface area contributed by atoms with Crippen LogP contribution in [0.1, 0.15) is 49.7 Å². The lowest BCUT2D eigenvalue weighted by atomic mass is 9.51. The third kappa shape index (κ3) is 3.93. The van der Waals surface area contributed by atoms with Gasteiger partial charge < -0.3 is 10.2 Å². The number of aliphatic carboxylic acids is 1. The molecule has 1 saturated carbocycles. The maximum atomic E-state index is 14.3. The van der Waals surface area contributed by atoms with E-state index in [0.29, 0.717) is 17.7 Å². The standard InChI is InChI=1S/C32H32N2O7/c1-17-15-18(10-13-24(17)35)27-20-11-12-21-26(30(40)33(28(21)38)14-6-9-25(36)37)22(20)16-23-29(39)34(31(41)32(23,27)2)19-7-4-3-5-8-19/h3-5,7-8,10-11,13,15,21-23,26-27,35H,6,9,12,14,16H2,1-2H3,(H,36,37). The molecule has 2 heterocycles. The summed E-state index contributed by atoms with van der Waals surface area (Å²) < 4.78 is 0. The van der Waals surface area contributed by atoms with Gasteiger partial charge in [0.15, 0.2) is 0 Å². The number of allylic oxidation sites excluding steroid dienone is 2. The van der Waals surface area contributed by atoms with Crippen molar-refractivity contribution in [2.45, 2.75) is 45.4 Å². The second-order valence-electron chi connectivity index (χ2n) is 11.9. The molecule has 2 saturated heterocycles. The van der Waals surface area contributed by atoms with Crippen LogP contribution in [0.2, 0.25) is 0 Å². The van der Waals surface area contributed by atoms with Gasteiger partial charge in [-0.05, 0) is 68.4 Å². The summed E-state index contributed by atoms with van der Waals surface area (Å²) in [7, 11) is 0. The molecule has 2 aromatic rings. The quantitative estimate of drug-likeness (QED) is 0.409. The third-order valence-electron chi connectivity index (χ3n) is 9.71. The molecule has 4 amide bonds. The minimum atomic E-state index is -1.14. The molecule has 0 aromatic heterocycles. The molecule has 6 unspecified atom stereocenters. The number of phenolic OH excluding ortho intramolecular Hbond substituents is 1. The van der Waals surface area contributed by atoms with Crippen LogP contribution in [0.4, 0.5) is 5.69 Å². The van der Waals surface area contributed by atoms with Crippen LogP contribution in [0.3, 0.4) is 0 Å². The van der Waals surface area contributed by atoms with Crippen molar-refractivity contribution in [3.63, 3.8) is 0 Å². The Hall–Kier alpha value is -4.27. The molecule has 0 radical (unpaired) electrons. The van der Waals surface area contributed by atoms with Gasteiger partial charge in [-0.25, -0.2) is 4.90 Å². The van der Waals surface area contributed by atoms with Crippen LogP contribution >= 0.6 is 0 Å². The predicted octanol–water partition coefficient (Wildman–Crippen LogP) is 3.80. The van der Waals surface area contributed by atoms with E-state index < -0.39 is 41.0 Å². The van der Waals surface area contributed by atoms with E-state index in [0.717, 1.165) is 11.1 Å². The van der Waals surface area contributed by atoms with E-state index in [9.17, 15) is 29.1 Å². The Morgan fingerprint density at radius 1 is 1.00 bits per heavy atom. The van der Waals surface area contributed by atoms with Crippen LogP contribution in [0.5, 0.6) is 5.75 Å². The zero-order chi connectivity index (χ0) is 29.2. The van der Waals surface area contributed by atoms with Crippen molar-refractivity contribution >= 4 is 35.3 Å². The van der Waals surface area contributed by atoms with Gasteiger partial charge in [0.05, 0.1) is 28.9 Å². The van der Waals surface area contributed by atoms with E-state index in [1.165, 1.54) is 9.80 Å². The Bertz CT molecular complexity index is 1520. The number of hydrogen-bond acceptors (Lipinski definition) is 6. The fourth-order valence-electron chi connectivity index (χ4n) is 7.75. The van der Waals surface area contributed by atoms with Crippen molar-refractivity contribution in [1.29, 1.82) is 0 Å². The maximum Gasteiger partial charge on any atom is 0.303 e. The molecular weight excluding hydrogens is 524 g/mol. The monoisotopic (exact) mass is 556 g/mol. The fraction of sp³-hybridized carbons (Fsp3) is 0.406. The second-order valence-corrected chi connectivity index (χ2v) is 11.9. The molecule has 0 spiro atoms. The van der Waals surface area contributed by atoms with Gasteiger partial charge in [-0.1, -0.05) is 42.0 Å². The summed E-state index contributed by atoms with van der Waals surface area (Å²) in [5.41, 5.74) is 1.63. The predicted molar refractivity (Wildman–Crippen MR) is 147 cm³/mol. The Labute approximate surface area is 237 Å². The van der Waals surface area contributed by atoms with Crippen LogP contribution in [0, 0.1) is 36.0 Å². The Kier molecular flexibility index (Phi) is 6.36. The number of carbonyl (C=O) groups is 5. The van der Waals surface area contributed by atoms with E-state index in [-0.39, 0.29) is 55.2 Å². The van der Waals surface area contributed by atoms with Crippen molar-refractivity contribution in [3.05, 3.63) is 71.3 Å². The molecule has 9 heteroatoms. The third-order valence-corrected chi connectivity index (χ3v) is 9.71. The number of aromatic hydroxyl groups is 1. The zero-order valence-corrected chi connectivity index (χ0v) is 22.9. The number of rotatable bonds is 6. The molecule has 6 rings (SSSR count). The number of anilines is 1. The molecule has 2 aliphatic carbocycles. The Morgan fingerprint density at radius 2 is 1.73 bits per heavy atom. The zero-order valence-electron chi connectivity index (χ0n) is 22.9. The van der Waals surface area contributed by atoms with Gasteiger partial charge in [0.1, 0.15) is 5.75 Å². The highest BCUT2D eigenvalue weighted by atomic mass is 16.4. The number of imide groups is 2. The van der Waals surface area contributed by atoms with Crippen molar-refractivity contribution in [1.82, 2.24) is 4.90 Å². The molecular formula is C32H32N2O7. The van der Waals surface area contributed by atoms with Crippen molar-refractivity contribution in [3.8, 4) is 5.75 Å². The first-order chi connectivity index (χ1) is 19.6. The highest BCUT2D eigenvalue weighted by Gasteiger charge is 2.67. The van der Waals surface area contributed by atoms with Gasteiger partial charge in [-0.15, -0.1) is 0 Å². The van der Waals surface area contributed by atoms with Crippen molar-refractivity contribution in [2.24, 2.45) is 29.1 Å². The lowest BCUT2D eigenvalue weighted by Gasteiger charge is -2.49. The van der Waals surface area contributed by atoms with Crippen LogP contribution < -0.4 is 4.90 Å². The average molecular weight is 557 g/mol. The molecule has 9 nitrogen and oxygen atoms in total. The van der Waals surface area contributed by atoms with Crippen LogP contribution in [0.15, 0.2) is 60.2 Å². The smallest absolute Gasteiger partial charge is 0.303 e. The number of aryl methyl sites for hydroxylation is 1. The summed E-state index contributed by atoms with van der Waals surface area (Å²) in [6.45, 7) is 3.65. The first kappa shape index (κ1) is 26.9. The molecule has 2 aliphatic heterocycles. The highest BCUT2D eigenvalue weighted by molar-refractivity contribution is 6.24. The first-order valence-electron chi connectivity index (χ1n) is 14.1. The number of carboxylic acids is 1. The molecule has 0 bridgehead atoms. The first-order valence-corrected chi connectivity index (χ1v) is 14.1. The molecule has 3 fully saturated rings. The van der Waals surface area contributed by atoms with E-state index >= 15 is 0 Å². The molecule has 6 atom stereocenters.